The molecule has 0 aliphatic carbocycles. The number of hydrogen-bond donors (Lipinski definition) is 1. The van der Waals surface area contributed by atoms with E-state index in [-0.39, 0.29) is 4.90 Å². The summed E-state index contributed by atoms with van der Waals surface area (Å²) in [6.07, 6.45) is 2.70. The Bertz CT molecular complexity index is 1120. The van der Waals surface area contributed by atoms with Gasteiger partial charge in [0.25, 0.3) is 10.0 Å². The highest BCUT2D eigenvalue weighted by Crippen LogP contribution is 2.37. The molecule has 1 N–H and O–H groups in total. The first-order valence-electron chi connectivity index (χ1n) is 9.28. The van der Waals surface area contributed by atoms with Crippen molar-refractivity contribution in [3.8, 4) is 0 Å². The molecule has 2 heterocycles. The normalized spacial score (nSPS) is 16.1. The molecule has 0 bridgehead atoms. The van der Waals surface area contributed by atoms with Gasteiger partial charge in [0.15, 0.2) is 0 Å². The van der Waals surface area contributed by atoms with E-state index >= 15 is 0 Å². The third-order valence-corrected chi connectivity index (χ3v) is 6.61. The van der Waals surface area contributed by atoms with Crippen molar-refractivity contribution in [2.75, 3.05) is 9.62 Å². The molecule has 28 heavy (non-hydrogen) atoms. The molecule has 1 aliphatic rings. The average Bonchev–Trinajstić information content (AvgIpc) is 2.97. The summed E-state index contributed by atoms with van der Waals surface area (Å²) >= 11 is 0. The number of sulfonamides is 1. The molecule has 1 unspecified atom stereocenters. The molecule has 0 radical (unpaired) electrons. The van der Waals surface area contributed by atoms with E-state index in [2.05, 4.69) is 39.7 Å². The number of nitrogens with zero attached hydrogens (tertiary/aromatic N) is 2. The van der Waals surface area contributed by atoms with Crippen LogP contribution in [0.25, 0.3) is 0 Å². The van der Waals surface area contributed by atoms with Crippen molar-refractivity contribution in [2.24, 2.45) is 0 Å². The van der Waals surface area contributed by atoms with Gasteiger partial charge in [-0.3, -0.25) is 4.72 Å². The Morgan fingerprint density at radius 3 is 2.57 bits per heavy atom. The number of pyridine rings is 1. The molecular formula is C22H23N3O2S. The zero-order chi connectivity index (χ0) is 19.9. The third kappa shape index (κ3) is 3.36. The van der Waals surface area contributed by atoms with Crippen LogP contribution < -0.4 is 9.62 Å². The largest absolute Gasteiger partial charge is 0.337 e. The van der Waals surface area contributed by atoms with Crippen molar-refractivity contribution >= 4 is 27.2 Å². The number of rotatable bonds is 4. The molecule has 3 aromatic rings. The summed E-state index contributed by atoms with van der Waals surface area (Å²) in [5.41, 5.74) is 5.19. The molecular weight excluding hydrogens is 370 g/mol. The number of anilines is 3. The van der Waals surface area contributed by atoms with E-state index in [1.807, 2.05) is 25.1 Å². The van der Waals surface area contributed by atoms with Crippen LogP contribution in [0.2, 0.25) is 0 Å². The van der Waals surface area contributed by atoms with Gasteiger partial charge in [-0.15, -0.1) is 0 Å². The second-order valence-corrected chi connectivity index (χ2v) is 8.98. The lowest BCUT2D eigenvalue weighted by Crippen LogP contribution is -2.24. The van der Waals surface area contributed by atoms with Crippen LogP contribution in [-0.4, -0.2) is 19.4 Å². The van der Waals surface area contributed by atoms with Crippen molar-refractivity contribution < 1.29 is 8.42 Å². The van der Waals surface area contributed by atoms with Gasteiger partial charge < -0.3 is 4.90 Å². The monoisotopic (exact) mass is 393 g/mol. The number of fused-ring (bicyclic) bond motifs is 1. The fourth-order valence-electron chi connectivity index (χ4n) is 3.84. The topological polar surface area (TPSA) is 62.3 Å². The molecule has 144 valence electrons. The summed E-state index contributed by atoms with van der Waals surface area (Å²) < 4.78 is 28.0. The van der Waals surface area contributed by atoms with Crippen molar-refractivity contribution in [1.82, 2.24) is 4.98 Å². The van der Waals surface area contributed by atoms with Crippen LogP contribution in [-0.2, 0) is 16.4 Å². The minimum atomic E-state index is -3.68. The summed E-state index contributed by atoms with van der Waals surface area (Å²) in [5, 5.41) is 0. The number of hydrogen-bond acceptors (Lipinski definition) is 4. The fourth-order valence-corrected chi connectivity index (χ4v) is 5.08. The van der Waals surface area contributed by atoms with Gasteiger partial charge in [0.1, 0.15) is 5.82 Å². The minimum absolute atomic E-state index is 0.270. The van der Waals surface area contributed by atoms with Crippen molar-refractivity contribution in [2.45, 2.75) is 38.1 Å². The van der Waals surface area contributed by atoms with Crippen molar-refractivity contribution in [3.05, 3.63) is 77.5 Å². The smallest absolute Gasteiger partial charge is 0.263 e. The van der Waals surface area contributed by atoms with Gasteiger partial charge in [-0.1, -0.05) is 35.9 Å². The Hall–Kier alpha value is -2.86. The first-order valence-corrected chi connectivity index (χ1v) is 10.8. The summed E-state index contributed by atoms with van der Waals surface area (Å²) in [6, 6.07) is 17.6. The van der Waals surface area contributed by atoms with Crippen LogP contribution in [0.5, 0.6) is 0 Å². The van der Waals surface area contributed by atoms with Gasteiger partial charge in [0, 0.05) is 11.7 Å². The Kier molecular flexibility index (Phi) is 4.59. The lowest BCUT2D eigenvalue weighted by atomic mass is 10.1. The van der Waals surface area contributed by atoms with Gasteiger partial charge in [0.05, 0.1) is 16.8 Å². The molecule has 1 aliphatic heterocycles. The van der Waals surface area contributed by atoms with Crippen LogP contribution in [0, 0.1) is 13.8 Å². The van der Waals surface area contributed by atoms with Crippen LogP contribution in [0.15, 0.2) is 65.7 Å². The summed E-state index contributed by atoms with van der Waals surface area (Å²) in [4.78, 5) is 6.87. The molecule has 1 atom stereocenters. The second-order valence-electron chi connectivity index (χ2n) is 7.33. The molecule has 2 aromatic carbocycles. The lowest BCUT2D eigenvalue weighted by molar-refractivity contribution is 0.600. The molecule has 0 fully saturated rings. The lowest BCUT2D eigenvalue weighted by Gasteiger charge is -2.24. The summed E-state index contributed by atoms with van der Waals surface area (Å²) in [6.45, 7) is 5.91. The number of benzene rings is 2. The summed E-state index contributed by atoms with van der Waals surface area (Å²) in [7, 11) is -3.68. The highest BCUT2D eigenvalue weighted by Gasteiger charge is 2.27. The molecule has 1 aromatic heterocycles. The number of nitrogens with one attached hydrogen (secondary N) is 1. The number of para-hydroxylation sites is 1. The first-order chi connectivity index (χ1) is 13.3. The van der Waals surface area contributed by atoms with Crippen LogP contribution in [0.4, 0.5) is 17.2 Å². The molecule has 0 spiro atoms. The zero-order valence-corrected chi connectivity index (χ0v) is 17.0. The van der Waals surface area contributed by atoms with E-state index in [1.165, 1.54) is 11.3 Å². The maximum Gasteiger partial charge on any atom is 0.263 e. The zero-order valence-electron chi connectivity index (χ0n) is 16.2. The molecule has 4 rings (SSSR count). The average molecular weight is 394 g/mol. The molecule has 5 nitrogen and oxygen atoms in total. The standard InChI is InChI=1S/C22H23N3O2S/c1-15-8-10-21(16(2)12-15)28(26,27)24-22-11-9-19(14-23-22)25-17(3)13-18-6-4-5-7-20(18)25/h4-12,14,17H,13H2,1-3H3,(H,23,24). The highest BCUT2D eigenvalue weighted by molar-refractivity contribution is 7.92. The van der Waals surface area contributed by atoms with Crippen molar-refractivity contribution in [1.29, 1.82) is 0 Å². The third-order valence-electron chi connectivity index (χ3n) is 5.09. The van der Waals surface area contributed by atoms with Crippen LogP contribution in [0.1, 0.15) is 23.6 Å². The second kappa shape index (κ2) is 6.95. The van der Waals surface area contributed by atoms with E-state index in [9.17, 15) is 8.42 Å². The van der Waals surface area contributed by atoms with Gasteiger partial charge in [0.2, 0.25) is 0 Å². The Labute approximate surface area is 166 Å². The van der Waals surface area contributed by atoms with Gasteiger partial charge in [-0.2, -0.15) is 0 Å². The number of aryl methyl sites for hydroxylation is 2. The quantitative estimate of drug-likeness (QED) is 0.705. The van der Waals surface area contributed by atoms with Gasteiger partial charge in [-0.05, 0) is 62.6 Å². The number of aromatic nitrogens is 1. The first kappa shape index (κ1) is 18.5. The molecule has 0 saturated heterocycles. The molecule has 6 heteroatoms. The fraction of sp³-hybridized carbons (Fsp3) is 0.227. The molecule has 0 amide bonds. The Morgan fingerprint density at radius 1 is 1.07 bits per heavy atom. The minimum Gasteiger partial charge on any atom is -0.337 e. The predicted molar refractivity (Wildman–Crippen MR) is 113 cm³/mol. The van der Waals surface area contributed by atoms with Crippen LogP contribution >= 0.6 is 0 Å². The van der Waals surface area contributed by atoms with Crippen molar-refractivity contribution in [3.63, 3.8) is 0 Å². The molecule has 0 saturated carbocycles. The predicted octanol–water partition coefficient (Wildman–Crippen LogP) is 4.58. The Morgan fingerprint density at radius 2 is 1.86 bits per heavy atom. The van der Waals surface area contributed by atoms with E-state index < -0.39 is 10.0 Å². The van der Waals surface area contributed by atoms with E-state index in [4.69, 9.17) is 0 Å². The van der Waals surface area contributed by atoms with E-state index in [0.29, 0.717) is 17.4 Å². The summed E-state index contributed by atoms with van der Waals surface area (Å²) in [5.74, 6) is 0.309. The highest BCUT2D eigenvalue weighted by atomic mass is 32.2. The van der Waals surface area contributed by atoms with E-state index in [1.54, 1.807) is 31.3 Å². The van der Waals surface area contributed by atoms with Crippen LogP contribution in [0.3, 0.4) is 0 Å². The van der Waals surface area contributed by atoms with Gasteiger partial charge in [-0.25, -0.2) is 13.4 Å². The maximum absolute atomic E-state index is 12.7. The van der Waals surface area contributed by atoms with E-state index in [0.717, 1.165) is 17.7 Å². The maximum atomic E-state index is 12.7. The Balaban J connectivity index is 1.59. The SMILES string of the molecule is Cc1ccc(S(=O)(=O)Nc2ccc(N3c4ccccc4CC3C)cn2)c(C)c1. The van der Waals surface area contributed by atoms with Gasteiger partial charge >= 0.3 is 0 Å².